The predicted molar refractivity (Wildman–Crippen MR) is 63.3 cm³/mol. The fraction of sp³-hybridized carbons (Fsp3) is 0.667. The summed E-state index contributed by atoms with van der Waals surface area (Å²) < 4.78 is 26.9. The zero-order valence-corrected chi connectivity index (χ0v) is 11.4. The first-order chi connectivity index (χ1) is 7.32. The lowest BCUT2D eigenvalue weighted by molar-refractivity contribution is 0.519. The van der Waals surface area contributed by atoms with Gasteiger partial charge in [0.2, 0.25) is 10.0 Å². The van der Waals surface area contributed by atoms with E-state index in [0.29, 0.717) is 23.8 Å². The Balaban J connectivity index is 3.36. The molecule has 7 heteroatoms. The molecule has 16 heavy (non-hydrogen) atoms. The summed E-state index contributed by atoms with van der Waals surface area (Å²) in [5.41, 5.74) is 1.14. The van der Waals surface area contributed by atoms with Crippen LogP contribution in [0.15, 0.2) is 4.90 Å². The summed E-state index contributed by atoms with van der Waals surface area (Å²) in [6, 6.07) is 0. The Bertz CT molecular complexity index is 479. The first-order valence-corrected chi connectivity index (χ1v) is 6.82. The van der Waals surface area contributed by atoms with Crippen LogP contribution in [0.25, 0.3) is 0 Å². The molecular weight excluding hydrogens is 250 g/mol. The largest absolute Gasteiger partial charge is 0.267 e. The molecule has 1 aromatic heterocycles. The Morgan fingerprint density at radius 1 is 1.38 bits per heavy atom. The van der Waals surface area contributed by atoms with Crippen molar-refractivity contribution in [2.24, 2.45) is 0 Å². The lowest BCUT2D eigenvalue weighted by Gasteiger charge is -2.11. The highest BCUT2D eigenvalue weighted by Crippen LogP contribution is 2.21. The zero-order chi connectivity index (χ0) is 12.5. The molecular formula is C9H16ClN3O2S. The summed E-state index contributed by atoms with van der Waals surface area (Å²) in [4.78, 5) is 0.280. The molecule has 0 spiro atoms. The van der Waals surface area contributed by atoms with E-state index in [0.717, 1.165) is 0 Å². The van der Waals surface area contributed by atoms with Gasteiger partial charge in [0.25, 0.3) is 0 Å². The van der Waals surface area contributed by atoms with E-state index in [1.165, 1.54) is 18.4 Å². The second-order valence-electron chi connectivity index (χ2n) is 3.70. The summed E-state index contributed by atoms with van der Waals surface area (Å²) in [5.74, 6) is 0.406. The first-order valence-electron chi connectivity index (χ1n) is 4.85. The molecule has 1 heterocycles. The molecule has 5 nitrogen and oxygen atoms in total. The van der Waals surface area contributed by atoms with E-state index in [9.17, 15) is 8.42 Å². The van der Waals surface area contributed by atoms with Crippen molar-refractivity contribution >= 4 is 21.6 Å². The summed E-state index contributed by atoms with van der Waals surface area (Å²) >= 11 is 5.63. The number of hydrogen-bond donors (Lipinski definition) is 0. The van der Waals surface area contributed by atoms with Gasteiger partial charge in [0.15, 0.2) is 0 Å². The maximum Gasteiger partial charge on any atom is 0.246 e. The molecule has 0 N–H and O–H groups in total. The average molecular weight is 266 g/mol. The number of rotatable bonds is 4. The van der Waals surface area contributed by atoms with Gasteiger partial charge in [0, 0.05) is 20.0 Å². The van der Waals surface area contributed by atoms with E-state index >= 15 is 0 Å². The molecule has 0 radical (unpaired) electrons. The molecule has 0 aliphatic carbocycles. The molecule has 1 aromatic rings. The highest BCUT2D eigenvalue weighted by Gasteiger charge is 2.26. The van der Waals surface area contributed by atoms with Crippen LogP contribution in [0.5, 0.6) is 0 Å². The van der Waals surface area contributed by atoms with Crippen molar-refractivity contribution in [3.8, 4) is 0 Å². The van der Waals surface area contributed by atoms with E-state index in [4.69, 9.17) is 11.6 Å². The van der Waals surface area contributed by atoms with Crippen LogP contribution < -0.4 is 0 Å². The third-order valence-corrected chi connectivity index (χ3v) is 4.59. The molecule has 92 valence electrons. The Morgan fingerprint density at radius 3 is 2.38 bits per heavy atom. The van der Waals surface area contributed by atoms with Crippen molar-refractivity contribution < 1.29 is 8.42 Å². The van der Waals surface area contributed by atoms with Crippen molar-refractivity contribution in [3.63, 3.8) is 0 Å². The molecule has 0 saturated carbocycles. The summed E-state index contributed by atoms with van der Waals surface area (Å²) in [7, 11) is -0.415. The average Bonchev–Trinajstić information content (AvgIpc) is 2.42. The lowest BCUT2D eigenvalue weighted by Crippen LogP contribution is -2.23. The fourth-order valence-electron chi connectivity index (χ4n) is 1.53. The minimum absolute atomic E-state index is 0.280. The van der Waals surface area contributed by atoms with Gasteiger partial charge < -0.3 is 0 Å². The van der Waals surface area contributed by atoms with Crippen molar-refractivity contribution in [1.82, 2.24) is 14.1 Å². The normalized spacial score (nSPS) is 12.4. The quantitative estimate of drug-likeness (QED) is 0.763. The number of alkyl halides is 1. The van der Waals surface area contributed by atoms with Gasteiger partial charge in [-0.2, -0.15) is 5.10 Å². The monoisotopic (exact) mass is 265 g/mol. The lowest BCUT2D eigenvalue weighted by atomic mass is 10.4. The third-order valence-electron chi connectivity index (χ3n) is 2.35. The van der Waals surface area contributed by atoms with Gasteiger partial charge in [-0.05, 0) is 13.8 Å². The van der Waals surface area contributed by atoms with E-state index < -0.39 is 10.0 Å². The second-order valence-corrected chi connectivity index (χ2v) is 6.17. The minimum Gasteiger partial charge on any atom is -0.267 e. The van der Waals surface area contributed by atoms with E-state index in [1.54, 1.807) is 18.5 Å². The summed E-state index contributed by atoms with van der Waals surface area (Å²) in [5, 5.41) is 4.17. The molecule has 0 amide bonds. The number of aromatic nitrogens is 2. The Kier molecular flexibility index (Phi) is 3.98. The van der Waals surface area contributed by atoms with Gasteiger partial charge in [-0.15, -0.1) is 11.6 Å². The van der Waals surface area contributed by atoms with Gasteiger partial charge >= 0.3 is 0 Å². The Morgan fingerprint density at radius 2 is 1.94 bits per heavy atom. The molecule has 0 atom stereocenters. The molecule has 0 fully saturated rings. The topological polar surface area (TPSA) is 55.2 Å². The van der Waals surface area contributed by atoms with Crippen LogP contribution in [0.2, 0.25) is 0 Å². The number of aryl methyl sites for hydroxylation is 2. The smallest absolute Gasteiger partial charge is 0.246 e. The van der Waals surface area contributed by atoms with Gasteiger partial charge in [0.1, 0.15) is 4.90 Å². The van der Waals surface area contributed by atoms with Gasteiger partial charge in [-0.3, -0.25) is 4.68 Å². The molecule has 0 saturated heterocycles. The van der Waals surface area contributed by atoms with E-state index in [2.05, 4.69) is 5.10 Å². The van der Waals surface area contributed by atoms with Crippen LogP contribution in [-0.4, -0.2) is 42.5 Å². The van der Waals surface area contributed by atoms with Crippen LogP contribution in [0.3, 0.4) is 0 Å². The predicted octanol–water partition coefficient (Wildman–Crippen LogP) is 0.989. The highest BCUT2D eigenvalue weighted by atomic mass is 35.5. The number of halogens is 1. The SMILES string of the molecule is Cc1nn(CCCl)c(C)c1S(=O)(=O)N(C)C. The minimum atomic E-state index is -3.43. The van der Waals surface area contributed by atoms with Crippen molar-refractivity contribution in [3.05, 3.63) is 11.4 Å². The van der Waals surface area contributed by atoms with Crippen molar-refractivity contribution in [1.29, 1.82) is 0 Å². The Hall–Kier alpha value is -0.590. The number of hydrogen-bond acceptors (Lipinski definition) is 3. The zero-order valence-electron chi connectivity index (χ0n) is 9.86. The van der Waals surface area contributed by atoms with E-state index in [1.807, 2.05) is 0 Å². The molecule has 1 rings (SSSR count). The Labute approximate surface area is 101 Å². The van der Waals surface area contributed by atoms with Crippen LogP contribution in [-0.2, 0) is 16.6 Å². The van der Waals surface area contributed by atoms with Crippen LogP contribution in [0.1, 0.15) is 11.4 Å². The van der Waals surface area contributed by atoms with Crippen molar-refractivity contribution in [2.75, 3.05) is 20.0 Å². The van der Waals surface area contributed by atoms with Gasteiger partial charge in [-0.25, -0.2) is 12.7 Å². The molecule has 0 bridgehead atoms. The van der Waals surface area contributed by atoms with E-state index in [-0.39, 0.29) is 4.90 Å². The molecule has 0 aliphatic heterocycles. The fourth-order valence-corrected chi connectivity index (χ4v) is 2.95. The summed E-state index contributed by atoms with van der Waals surface area (Å²) in [6.45, 7) is 3.94. The standard InChI is InChI=1S/C9H16ClN3O2S/c1-7-9(16(14,15)12(3)4)8(2)13(11-7)6-5-10/h5-6H2,1-4H3. The maximum atomic E-state index is 12.0. The molecule has 0 aromatic carbocycles. The first kappa shape index (κ1) is 13.5. The highest BCUT2D eigenvalue weighted by molar-refractivity contribution is 7.89. The second kappa shape index (κ2) is 4.73. The van der Waals surface area contributed by atoms with Crippen LogP contribution >= 0.6 is 11.6 Å². The van der Waals surface area contributed by atoms with Gasteiger partial charge in [-0.1, -0.05) is 0 Å². The molecule has 0 unspecified atom stereocenters. The number of sulfonamides is 1. The van der Waals surface area contributed by atoms with Gasteiger partial charge in [0.05, 0.1) is 17.9 Å². The van der Waals surface area contributed by atoms with Crippen LogP contribution in [0.4, 0.5) is 0 Å². The van der Waals surface area contributed by atoms with Crippen molar-refractivity contribution in [2.45, 2.75) is 25.3 Å². The maximum absolute atomic E-state index is 12.0. The summed E-state index contributed by atoms with van der Waals surface area (Å²) in [6.07, 6.45) is 0. The molecule has 0 aliphatic rings. The third kappa shape index (κ3) is 2.23. The number of nitrogens with zero attached hydrogens (tertiary/aromatic N) is 3. The van der Waals surface area contributed by atoms with Crippen LogP contribution in [0, 0.1) is 13.8 Å².